The third kappa shape index (κ3) is 4.52. The molecule has 4 nitrogen and oxygen atoms in total. The van der Waals surface area contributed by atoms with Crippen molar-refractivity contribution >= 4 is 22.6 Å². The Morgan fingerprint density at radius 3 is 2.50 bits per heavy atom. The van der Waals surface area contributed by atoms with Crippen molar-refractivity contribution in [3.05, 3.63) is 77.6 Å². The zero-order valence-corrected chi connectivity index (χ0v) is 15.5. The third-order valence-electron chi connectivity index (χ3n) is 3.52. The van der Waals surface area contributed by atoms with Crippen molar-refractivity contribution in [3.8, 4) is 23.2 Å². The summed E-state index contributed by atoms with van der Waals surface area (Å²) >= 11 is 1.08. The number of rotatable bonds is 5. The minimum absolute atomic E-state index is 0.0859. The first-order chi connectivity index (χ1) is 12.5. The Morgan fingerprint density at radius 1 is 1.04 bits per heavy atom. The second kappa shape index (κ2) is 7.74. The molecule has 0 aliphatic heterocycles. The highest BCUT2D eigenvalue weighted by atomic mass is 127. The number of halogens is 3. The van der Waals surface area contributed by atoms with E-state index in [1.807, 2.05) is 36.4 Å². The molecule has 0 saturated carbocycles. The average Bonchev–Trinajstić information content (AvgIpc) is 2.66. The first-order valence-corrected chi connectivity index (χ1v) is 8.67. The molecule has 26 heavy (non-hydrogen) atoms. The van der Waals surface area contributed by atoms with Crippen molar-refractivity contribution in [1.29, 1.82) is 5.26 Å². The van der Waals surface area contributed by atoms with Crippen molar-refractivity contribution < 1.29 is 13.5 Å². The Balaban J connectivity index is 1.92. The van der Waals surface area contributed by atoms with Gasteiger partial charge in [-0.1, -0.05) is 48.5 Å². The Kier molecular flexibility index (Phi) is 5.42. The highest BCUT2D eigenvalue weighted by molar-refractivity contribution is 14.1. The van der Waals surface area contributed by atoms with Gasteiger partial charge in [-0.3, -0.25) is 0 Å². The molecule has 0 saturated heterocycles. The van der Waals surface area contributed by atoms with Crippen molar-refractivity contribution in [2.24, 2.45) is 0 Å². The van der Waals surface area contributed by atoms with Gasteiger partial charge in [-0.2, -0.15) is 19.0 Å². The van der Waals surface area contributed by atoms with E-state index in [1.54, 1.807) is 6.07 Å². The van der Waals surface area contributed by atoms with Gasteiger partial charge in [0.2, 0.25) is 11.7 Å². The first kappa shape index (κ1) is 18.2. The largest absolute Gasteiger partial charge is 0.473 e. The molecule has 0 amide bonds. The van der Waals surface area contributed by atoms with Crippen LogP contribution in [0.1, 0.15) is 17.0 Å². The van der Waals surface area contributed by atoms with Crippen LogP contribution in [0, 0.1) is 11.3 Å². The molecular formula is C19H12F2IN3O. The molecule has 0 fully saturated rings. The monoisotopic (exact) mass is 463 g/mol. The van der Waals surface area contributed by atoms with Gasteiger partial charge in [0, 0.05) is 39.8 Å². The maximum Gasteiger partial charge on any atom is 0.321 e. The van der Waals surface area contributed by atoms with Crippen LogP contribution in [0.4, 0.5) is 8.78 Å². The van der Waals surface area contributed by atoms with Gasteiger partial charge in [0.05, 0.1) is 5.69 Å². The van der Waals surface area contributed by atoms with E-state index < -0.39 is 3.93 Å². The quantitative estimate of drug-likeness (QED) is 0.391. The van der Waals surface area contributed by atoms with Crippen LogP contribution in [0.25, 0.3) is 11.3 Å². The number of hydrogen-bond acceptors (Lipinski definition) is 4. The molecule has 0 bridgehead atoms. The molecule has 0 spiro atoms. The molecule has 2 aromatic carbocycles. The van der Waals surface area contributed by atoms with E-state index in [2.05, 4.69) is 9.97 Å². The fourth-order valence-electron chi connectivity index (χ4n) is 2.28. The van der Waals surface area contributed by atoms with Crippen LogP contribution in [-0.2, 0) is 10.5 Å². The Labute approximate surface area is 162 Å². The number of aromatic nitrogens is 2. The lowest BCUT2D eigenvalue weighted by molar-refractivity contribution is 0.127. The fraction of sp³-hybridized carbons (Fsp3) is 0.105. The number of nitrogens with zero attached hydrogens (tertiary/aromatic N) is 3. The lowest BCUT2D eigenvalue weighted by atomic mass is 10.1. The lowest BCUT2D eigenvalue weighted by Crippen LogP contribution is -2.03. The molecule has 3 aromatic rings. The number of alkyl halides is 3. The molecule has 1 heterocycles. The maximum atomic E-state index is 13.6. The summed E-state index contributed by atoms with van der Waals surface area (Å²) in [6.07, 6.45) is 0. The summed E-state index contributed by atoms with van der Waals surface area (Å²) in [4.78, 5) is 8.12. The average molecular weight is 463 g/mol. The van der Waals surface area contributed by atoms with Gasteiger partial charge in [-0.25, -0.2) is 4.98 Å². The summed E-state index contributed by atoms with van der Waals surface area (Å²) in [5.41, 5.74) is 1.61. The van der Waals surface area contributed by atoms with Gasteiger partial charge >= 0.3 is 3.93 Å². The number of hydrogen-bond donors (Lipinski definition) is 0. The summed E-state index contributed by atoms with van der Waals surface area (Å²) < 4.78 is 29.8. The van der Waals surface area contributed by atoms with E-state index in [0.717, 1.165) is 28.2 Å². The Morgan fingerprint density at radius 2 is 1.81 bits per heavy atom. The summed E-state index contributed by atoms with van der Waals surface area (Å²) in [5, 5.41) is 9.15. The van der Waals surface area contributed by atoms with Crippen LogP contribution in [-0.4, -0.2) is 9.97 Å². The predicted octanol–water partition coefficient (Wildman–Crippen LogP) is 5.08. The molecule has 0 aliphatic carbocycles. The minimum atomic E-state index is -2.99. The molecule has 0 radical (unpaired) electrons. The molecule has 1 aromatic heterocycles. The Bertz CT molecular complexity index is 953. The standard InChI is InChI=1S/C19H12F2IN3O/c20-19(21,22)15-8-4-7-14(9-15)16-10-18(25-17(11-23)24-16)26-12-13-5-2-1-3-6-13/h1-10H,12H2. The smallest absolute Gasteiger partial charge is 0.321 e. The highest BCUT2D eigenvalue weighted by Crippen LogP contribution is 2.36. The molecule has 0 aliphatic rings. The lowest BCUT2D eigenvalue weighted by Gasteiger charge is -2.11. The van der Waals surface area contributed by atoms with Crippen LogP contribution >= 0.6 is 22.6 Å². The van der Waals surface area contributed by atoms with Gasteiger partial charge < -0.3 is 4.74 Å². The highest BCUT2D eigenvalue weighted by Gasteiger charge is 2.27. The van der Waals surface area contributed by atoms with Crippen molar-refractivity contribution in [2.75, 3.05) is 0 Å². The molecule has 130 valence electrons. The van der Waals surface area contributed by atoms with Crippen LogP contribution in [0.2, 0.25) is 0 Å². The van der Waals surface area contributed by atoms with Crippen molar-refractivity contribution in [2.45, 2.75) is 10.5 Å². The third-order valence-corrected chi connectivity index (χ3v) is 4.14. The van der Waals surface area contributed by atoms with E-state index in [4.69, 9.17) is 10.00 Å². The normalized spacial score (nSPS) is 11.0. The van der Waals surface area contributed by atoms with Crippen molar-refractivity contribution in [3.63, 3.8) is 0 Å². The summed E-state index contributed by atoms with van der Waals surface area (Å²) in [6, 6.07) is 18.7. The van der Waals surface area contributed by atoms with Gasteiger partial charge in [-0.15, -0.1) is 0 Å². The zero-order chi connectivity index (χ0) is 18.6. The molecular weight excluding hydrogens is 451 g/mol. The Hall–Kier alpha value is -2.60. The summed E-state index contributed by atoms with van der Waals surface area (Å²) in [5.74, 6) is 0.124. The number of nitriles is 1. The maximum absolute atomic E-state index is 13.6. The number of ether oxygens (including phenoxy) is 1. The molecule has 3 rings (SSSR count). The number of benzene rings is 2. The predicted molar refractivity (Wildman–Crippen MR) is 101 cm³/mol. The van der Waals surface area contributed by atoms with Crippen LogP contribution < -0.4 is 4.74 Å². The first-order valence-electron chi connectivity index (χ1n) is 7.59. The second-order valence-electron chi connectivity index (χ2n) is 5.38. The van der Waals surface area contributed by atoms with E-state index in [-0.39, 0.29) is 23.9 Å². The van der Waals surface area contributed by atoms with E-state index in [9.17, 15) is 8.78 Å². The van der Waals surface area contributed by atoms with E-state index >= 15 is 0 Å². The van der Waals surface area contributed by atoms with Crippen LogP contribution in [0.3, 0.4) is 0 Å². The van der Waals surface area contributed by atoms with Gasteiger partial charge in [0.15, 0.2) is 0 Å². The van der Waals surface area contributed by atoms with Gasteiger partial charge in [0.25, 0.3) is 0 Å². The van der Waals surface area contributed by atoms with Gasteiger partial charge in [-0.05, 0) is 11.6 Å². The topological polar surface area (TPSA) is 58.8 Å². The van der Waals surface area contributed by atoms with Crippen LogP contribution in [0.5, 0.6) is 5.88 Å². The van der Waals surface area contributed by atoms with Crippen molar-refractivity contribution in [1.82, 2.24) is 9.97 Å². The van der Waals surface area contributed by atoms with E-state index in [0.29, 0.717) is 11.3 Å². The summed E-state index contributed by atoms with van der Waals surface area (Å²) in [6.45, 7) is 0.272. The van der Waals surface area contributed by atoms with E-state index in [1.165, 1.54) is 24.3 Å². The zero-order valence-electron chi connectivity index (χ0n) is 13.4. The molecule has 0 unspecified atom stereocenters. The molecule has 0 atom stereocenters. The second-order valence-corrected chi connectivity index (χ2v) is 6.73. The van der Waals surface area contributed by atoms with Crippen LogP contribution in [0.15, 0.2) is 60.7 Å². The SMILES string of the molecule is N#Cc1nc(OCc2ccccc2)cc(-c2cccc(C(F)(F)I)c2)n1. The fourth-order valence-corrected chi connectivity index (χ4v) is 2.62. The minimum Gasteiger partial charge on any atom is -0.473 e. The van der Waals surface area contributed by atoms with Gasteiger partial charge in [0.1, 0.15) is 12.7 Å². The molecule has 0 N–H and O–H groups in total. The molecule has 7 heteroatoms. The summed E-state index contributed by atoms with van der Waals surface area (Å²) in [7, 11) is 0.